The number of sulfonamides is 1. The SMILES string of the molecule is CCOC(=O)c1cnn(-c2cccc(NS(=O)(=O)c3ccc(OC)cc3)c2)c1C. The van der Waals surface area contributed by atoms with Crippen LogP contribution >= 0.6 is 0 Å². The van der Waals surface area contributed by atoms with Gasteiger partial charge in [0, 0.05) is 0 Å². The van der Waals surface area contributed by atoms with Gasteiger partial charge in [-0.25, -0.2) is 17.9 Å². The van der Waals surface area contributed by atoms with Gasteiger partial charge in [0.2, 0.25) is 0 Å². The van der Waals surface area contributed by atoms with E-state index in [1.807, 2.05) is 0 Å². The Kier molecular flexibility index (Phi) is 5.88. The second-order valence-electron chi connectivity index (χ2n) is 6.11. The highest BCUT2D eigenvalue weighted by atomic mass is 32.2. The zero-order valence-corrected chi connectivity index (χ0v) is 17.1. The number of carbonyl (C=O) groups is 1. The van der Waals surface area contributed by atoms with Crippen molar-refractivity contribution in [2.75, 3.05) is 18.4 Å². The summed E-state index contributed by atoms with van der Waals surface area (Å²) in [6, 6.07) is 12.8. The highest BCUT2D eigenvalue weighted by Gasteiger charge is 2.18. The average Bonchev–Trinajstić information content (AvgIpc) is 3.09. The summed E-state index contributed by atoms with van der Waals surface area (Å²) in [7, 11) is -2.26. The number of hydrogen-bond donors (Lipinski definition) is 1. The molecule has 0 amide bonds. The van der Waals surface area contributed by atoms with Crippen LogP contribution in [0.4, 0.5) is 5.69 Å². The number of rotatable bonds is 7. The Balaban J connectivity index is 1.87. The highest BCUT2D eigenvalue weighted by Crippen LogP contribution is 2.22. The van der Waals surface area contributed by atoms with E-state index in [1.54, 1.807) is 54.9 Å². The predicted octanol–water partition coefficient (Wildman–Crippen LogP) is 3.17. The molecule has 29 heavy (non-hydrogen) atoms. The summed E-state index contributed by atoms with van der Waals surface area (Å²) in [5.74, 6) is 0.116. The van der Waals surface area contributed by atoms with Gasteiger partial charge in [0.1, 0.15) is 11.3 Å². The number of anilines is 1. The molecule has 0 aliphatic heterocycles. The van der Waals surface area contributed by atoms with Gasteiger partial charge in [-0.1, -0.05) is 6.07 Å². The zero-order valence-electron chi connectivity index (χ0n) is 16.2. The first-order valence-electron chi connectivity index (χ1n) is 8.84. The lowest BCUT2D eigenvalue weighted by molar-refractivity contribution is 0.0525. The molecule has 0 atom stereocenters. The minimum atomic E-state index is -3.77. The quantitative estimate of drug-likeness (QED) is 0.595. The monoisotopic (exact) mass is 415 g/mol. The molecule has 0 unspecified atom stereocenters. The normalized spacial score (nSPS) is 11.1. The van der Waals surface area contributed by atoms with E-state index in [0.29, 0.717) is 28.4 Å². The molecule has 1 N–H and O–H groups in total. The Hall–Kier alpha value is -3.33. The lowest BCUT2D eigenvalue weighted by Gasteiger charge is -2.11. The minimum Gasteiger partial charge on any atom is -0.497 e. The van der Waals surface area contributed by atoms with Crippen LogP contribution < -0.4 is 9.46 Å². The molecule has 0 fully saturated rings. The molecule has 3 aromatic rings. The van der Waals surface area contributed by atoms with Crippen molar-refractivity contribution >= 4 is 21.7 Å². The fraction of sp³-hybridized carbons (Fsp3) is 0.200. The Bertz CT molecular complexity index is 1120. The van der Waals surface area contributed by atoms with Crippen LogP contribution in [0.2, 0.25) is 0 Å². The van der Waals surface area contributed by atoms with Gasteiger partial charge in [0.05, 0.1) is 41.9 Å². The fourth-order valence-corrected chi connectivity index (χ4v) is 3.80. The molecule has 0 saturated heterocycles. The van der Waals surface area contributed by atoms with Crippen molar-refractivity contribution in [3.63, 3.8) is 0 Å². The molecule has 8 nitrogen and oxygen atoms in total. The van der Waals surface area contributed by atoms with E-state index < -0.39 is 16.0 Å². The summed E-state index contributed by atoms with van der Waals surface area (Å²) in [5.41, 5.74) is 1.92. The summed E-state index contributed by atoms with van der Waals surface area (Å²) in [5, 5.41) is 4.23. The Labute approximate surface area is 169 Å². The summed E-state index contributed by atoms with van der Waals surface area (Å²) in [6.07, 6.45) is 1.43. The van der Waals surface area contributed by atoms with Crippen LogP contribution in [0.5, 0.6) is 5.75 Å². The van der Waals surface area contributed by atoms with Crippen molar-refractivity contribution < 1.29 is 22.7 Å². The number of nitrogens with one attached hydrogen (secondary N) is 1. The predicted molar refractivity (Wildman–Crippen MR) is 108 cm³/mol. The maximum Gasteiger partial charge on any atom is 0.341 e. The van der Waals surface area contributed by atoms with Crippen LogP contribution in [0.3, 0.4) is 0 Å². The first kappa shape index (κ1) is 20.4. The van der Waals surface area contributed by atoms with Gasteiger partial charge in [-0.2, -0.15) is 5.10 Å². The second-order valence-corrected chi connectivity index (χ2v) is 7.79. The zero-order chi connectivity index (χ0) is 21.0. The third kappa shape index (κ3) is 4.40. The lowest BCUT2D eigenvalue weighted by atomic mass is 10.2. The first-order valence-corrected chi connectivity index (χ1v) is 10.3. The minimum absolute atomic E-state index is 0.114. The summed E-state index contributed by atoms with van der Waals surface area (Å²) >= 11 is 0. The molecule has 0 aliphatic carbocycles. The number of methoxy groups -OCH3 is 1. The molecule has 0 spiro atoms. The third-order valence-electron chi connectivity index (χ3n) is 4.22. The van der Waals surface area contributed by atoms with Gasteiger partial charge in [0.15, 0.2) is 0 Å². The largest absolute Gasteiger partial charge is 0.497 e. The van der Waals surface area contributed by atoms with E-state index in [-0.39, 0.29) is 11.5 Å². The highest BCUT2D eigenvalue weighted by molar-refractivity contribution is 7.92. The van der Waals surface area contributed by atoms with E-state index in [4.69, 9.17) is 9.47 Å². The third-order valence-corrected chi connectivity index (χ3v) is 5.62. The van der Waals surface area contributed by atoms with Gasteiger partial charge in [0.25, 0.3) is 10.0 Å². The van der Waals surface area contributed by atoms with Crippen LogP contribution in [0.1, 0.15) is 23.0 Å². The van der Waals surface area contributed by atoms with E-state index in [2.05, 4.69) is 9.82 Å². The molecule has 2 aromatic carbocycles. The van der Waals surface area contributed by atoms with Crippen LogP contribution in [0.25, 0.3) is 5.69 Å². The van der Waals surface area contributed by atoms with Crippen LogP contribution in [-0.2, 0) is 14.8 Å². The van der Waals surface area contributed by atoms with Gasteiger partial charge in [-0.05, 0) is 56.3 Å². The van der Waals surface area contributed by atoms with E-state index in [1.165, 1.54) is 25.4 Å². The first-order chi connectivity index (χ1) is 13.9. The molecule has 0 aliphatic rings. The van der Waals surface area contributed by atoms with E-state index in [9.17, 15) is 13.2 Å². The number of aromatic nitrogens is 2. The van der Waals surface area contributed by atoms with Crippen molar-refractivity contribution in [3.05, 3.63) is 66.0 Å². The maximum absolute atomic E-state index is 12.6. The van der Waals surface area contributed by atoms with Crippen molar-refractivity contribution in [1.29, 1.82) is 0 Å². The molecular weight excluding hydrogens is 394 g/mol. The Morgan fingerprint density at radius 2 is 1.90 bits per heavy atom. The number of carbonyl (C=O) groups excluding carboxylic acids is 1. The van der Waals surface area contributed by atoms with Crippen molar-refractivity contribution in [1.82, 2.24) is 9.78 Å². The molecule has 1 heterocycles. The van der Waals surface area contributed by atoms with Gasteiger partial charge in [-0.3, -0.25) is 4.72 Å². The summed E-state index contributed by atoms with van der Waals surface area (Å²) in [4.78, 5) is 12.1. The second kappa shape index (κ2) is 8.36. The maximum atomic E-state index is 12.6. The van der Waals surface area contributed by atoms with Gasteiger partial charge in [-0.15, -0.1) is 0 Å². The van der Waals surface area contributed by atoms with Crippen LogP contribution in [-0.4, -0.2) is 37.9 Å². The molecule has 0 saturated carbocycles. The molecule has 1 aromatic heterocycles. The van der Waals surface area contributed by atoms with Gasteiger partial charge < -0.3 is 9.47 Å². The van der Waals surface area contributed by atoms with E-state index >= 15 is 0 Å². The molecule has 152 valence electrons. The average molecular weight is 415 g/mol. The number of benzene rings is 2. The van der Waals surface area contributed by atoms with Crippen molar-refractivity contribution in [3.8, 4) is 11.4 Å². The van der Waals surface area contributed by atoms with Crippen LogP contribution in [0, 0.1) is 6.92 Å². The summed E-state index contributed by atoms with van der Waals surface area (Å²) < 4.78 is 39.5. The van der Waals surface area contributed by atoms with Gasteiger partial charge >= 0.3 is 5.97 Å². The number of ether oxygens (including phenoxy) is 2. The molecule has 3 rings (SSSR count). The standard InChI is InChI=1S/C20H21N3O5S/c1-4-28-20(24)19-13-21-23(14(19)2)16-7-5-6-15(12-16)22-29(25,26)18-10-8-17(27-3)9-11-18/h5-13,22H,4H2,1-3H3. The molecule has 0 bridgehead atoms. The molecule has 0 radical (unpaired) electrons. The fourth-order valence-electron chi connectivity index (χ4n) is 2.75. The topological polar surface area (TPSA) is 99.5 Å². The smallest absolute Gasteiger partial charge is 0.341 e. The number of esters is 1. The molecular formula is C20H21N3O5S. The van der Waals surface area contributed by atoms with E-state index in [0.717, 1.165) is 0 Å². The Morgan fingerprint density at radius 1 is 1.17 bits per heavy atom. The van der Waals surface area contributed by atoms with Crippen molar-refractivity contribution in [2.24, 2.45) is 0 Å². The van der Waals surface area contributed by atoms with Crippen LogP contribution in [0.15, 0.2) is 59.6 Å². The van der Waals surface area contributed by atoms with Crippen molar-refractivity contribution in [2.45, 2.75) is 18.7 Å². The lowest BCUT2D eigenvalue weighted by Crippen LogP contribution is -2.13. The number of nitrogens with zero attached hydrogens (tertiary/aromatic N) is 2. The molecule has 9 heteroatoms. The summed E-state index contributed by atoms with van der Waals surface area (Å²) in [6.45, 7) is 3.75. The number of hydrogen-bond acceptors (Lipinski definition) is 6. The Morgan fingerprint density at radius 3 is 2.55 bits per heavy atom.